The maximum absolute atomic E-state index is 10.9. The molecule has 0 saturated heterocycles. The summed E-state index contributed by atoms with van der Waals surface area (Å²) in [5, 5.41) is 0. The van der Waals surface area contributed by atoms with Gasteiger partial charge in [0.15, 0.2) is 0 Å². The molecule has 0 aromatic heterocycles. The summed E-state index contributed by atoms with van der Waals surface area (Å²) in [4.78, 5) is 10.9. The Labute approximate surface area is 120 Å². The van der Waals surface area contributed by atoms with E-state index in [2.05, 4.69) is 19.8 Å². The van der Waals surface area contributed by atoms with Gasteiger partial charge in [-0.1, -0.05) is 78.1 Å². The fraction of sp³-hybridized carbons (Fsp3) is 0.889. The van der Waals surface area contributed by atoms with E-state index in [1.165, 1.54) is 77.0 Å². The normalized spacial score (nSPS) is 10.4. The average molecular weight is 266 g/mol. The Kier molecular flexibility index (Phi) is 15.1. The molecule has 0 radical (unpaired) electrons. The summed E-state index contributed by atoms with van der Waals surface area (Å²) in [6.07, 6.45) is 17.6. The molecule has 0 atom stereocenters. The van der Waals surface area contributed by atoms with Crippen molar-refractivity contribution in [2.24, 2.45) is 0 Å². The van der Waals surface area contributed by atoms with Gasteiger partial charge in [0.1, 0.15) is 5.94 Å². The van der Waals surface area contributed by atoms with Crippen LogP contribution < -0.4 is 0 Å². The first-order chi connectivity index (χ1) is 9.35. The fourth-order valence-corrected chi connectivity index (χ4v) is 2.46. The molecule has 0 aromatic rings. The molecule has 112 valence electrons. The number of hydrogen-bond donors (Lipinski definition) is 0. The molecule has 0 N–H and O–H groups in total. The van der Waals surface area contributed by atoms with Gasteiger partial charge in [-0.2, -0.15) is 0 Å². The van der Waals surface area contributed by atoms with Crippen molar-refractivity contribution in [2.75, 3.05) is 0 Å². The third-order valence-corrected chi connectivity index (χ3v) is 3.81. The van der Waals surface area contributed by atoms with E-state index < -0.39 is 0 Å². The van der Waals surface area contributed by atoms with Crippen LogP contribution in [0.3, 0.4) is 0 Å². The molecule has 0 aromatic carbocycles. The quantitative estimate of drug-likeness (QED) is 0.268. The Morgan fingerprint density at radius 2 is 1.00 bits per heavy atom. The van der Waals surface area contributed by atoms with Gasteiger partial charge in [-0.05, 0) is 25.7 Å². The Hall–Kier alpha value is -0.550. The van der Waals surface area contributed by atoms with Crippen molar-refractivity contribution in [3.05, 3.63) is 5.57 Å². The largest absolute Gasteiger partial charge is 0.234 e. The van der Waals surface area contributed by atoms with Crippen LogP contribution in [-0.2, 0) is 4.79 Å². The Balaban J connectivity index is 3.38. The minimum Gasteiger partial charge on any atom is -0.234 e. The molecule has 0 aliphatic rings. The molecule has 0 spiro atoms. The molecule has 0 aliphatic heterocycles. The van der Waals surface area contributed by atoms with Gasteiger partial charge in [-0.15, -0.1) is 0 Å². The molecular weight excluding hydrogens is 232 g/mol. The van der Waals surface area contributed by atoms with Gasteiger partial charge in [0.05, 0.1) is 0 Å². The second kappa shape index (κ2) is 15.5. The van der Waals surface area contributed by atoms with Crippen molar-refractivity contribution in [1.29, 1.82) is 0 Å². The lowest BCUT2D eigenvalue weighted by atomic mass is 10.0. The van der Waals surface area contributed by atoms with Crippen LogP contribution in [0, 0.1) is 0 Å². The van der Waals surface area contributed by atoms with E-state index >= 15 is 0 Å². The molecule has 0 aliphatic carbocycles. The first-order valence-electron chi connectivity index (χ1n) is 8.58. The summed E-state index contributed by atoms with van der Waals surface area (Å²) >= 11 is 0. The molecule has 0 unspecified atom stereocenters. The van der Waals surface area contributed by atoms with Crippen molar-refractivity contribution >= 4 is 5.94 Å². The molecule has 1 nitrogen and oxygen atoms in total. The molecule has 0 amide bonds. The van der Waals surface area contributed by atoms with Crippen LogP contribution in [0.4, 0.5) is 0 Å². The first-order valence-corrected chi connectivity index (χ1v) is 8.58. The van der Waals surface area contributed by atoms with Gasteiger partial charge in [-0.3, -0.25) is 0 Å². The van der Waals surface area contributed by atoms with Crippen molar-refractivity contribution in [1.82, 2.24) is 0 Å². The molecule has 0 fully saturated rings. The maximum Gasteiger partial charge on any atom is 0.123 e. The van der Waals surface area contributed by atoms with E-state index in [4.69, 9.17) is 0 Å². The molecular formula is C18H34O. The number of allylic oxidation sites excluding steroid dienone is 1. The van der Waals surface area contributed by atoms with Gasteiger partial charge in [0, 0.05) is 5.57 Å². The van der Waals surface area contributed by atoms with Crippen LogP contribution in [0.2, 0.25) is 0 Å². The zero-order valence-corrected chi connectivity index (χ0v) is 13.3. The van der Waals surface area contributed by atoms with Crippen LogP contribution in [0.1, 0.15) is 104 Å². The lowest BCUT2D eigenvalue weighted by Crippen LogP contribution is -1.88. The Morgan fingerprint density at radius 1 is 0.632 bits per heavy atom. The average Bonchev–Trinajstić information content (AvgIpc) is 2.44. The lowest BCUT2D eigenvalue weighted by Gasteiger charge is -2.04. The molecule has 0 rings (SSSR count). The monoisotopic (exact) mass is 266 g/mol. The highest BCUT2D eigenvalue weighted by atomic mass is 16.1. The van der Waals surface area contributed by atoms with Crippen LogP contribution >= 0.6 is 0 Å². The fourth-order valence-electron chi connectivity index (χ4n) is 2.46. The summed E-state index contributed by atoms with van der Waals surface area (Å²) in [5.74, 6) is 2.17. The number of hydrogen-bond acceptors (Lipinski definition) is 1. The summed E-state index contributed by atoms with van der Waals surface area (Å²) < 4.78 is 0. The van der Waals surface area contributed by atoms with E-state index in [9.17, 15) is 4.79 Å². The molecule has 0 saturated carbocycles. The van der Waals surface area contributed by atoms with Gasteiger partial charge in [0.2, 0.25) is 0 Å². The zero-order valence-electron chi connectivity index (χ0n) is 13.3. The second-order valence-corrected chi connectivity index (χ2v) is 5.74. The lowest BCUT2D eigenvalue weighted by molar-refractivity contribution is 0.555. The SMILES string of the molecule is CCCCCCCCC(=C=O)CCCCCCCC. The highest BCUT2D eigenvalue weighted by Gasteiger charge is 2.00. The standard InChI is InChI=1S/C18H34O/c1-3-5-7-9-11-13-15-18(17-19)16-14-12-10-8-6-4-2/h3-16H2,1-2H3. The highest BCUT2D eigenvalue weighted by Crippen LogP contribution is 2.16. The van der Waals surface area contributed by atoms with Gasteiger partial charge >= 0.3 is 0 Å². The van der Waals surface area contributed by atoms with Gasteiger partial charge in [-0.25, -0.2) is 4.79 Å². The van der Waals surface area contributed by atoms with Gasteiger partial charge < -0.3 is 0 Å². The number of rotatable bonds is 14. The predicted octanol–water partition coefficient (Wildman–Crippen LogP) is 6.25. The number of carbonyl (C=O) groups excluding carboxylic acids is 1. The van der Waals surface area contributed by atoms with E-state index in [0.29, 0.717) is 0 Å². The van der Waals surface area contributed by atoms with E-state index in [1.54, 1.807) is 0 Å². The van der Waals surface area contributed by atoms with Gasteiger partial charge in [0.25, 0.3) is 0 Å². The third-order valence-electron chi connectivity index (χ3n) is 3.81. The first kappa shape index (κ1) is 18.4. The van der Waals surface area contributed by atoms with E-state index in [-0.39, 0.29) is 0 Å². The summed E-state index contributed by atoms with van der Waals surface area (Å²) in [5.41, 5.74) is 1.03. The van der Waals surface area contributed by atoms with Crippen LogP contribution in [0.5, 0.6) is 0 Å². The summed E-state index contributed by atoms with van der Waals surface area (Å²) in [6.45, 7) is 4.49. The second-order valence-electron chi connectivity index (χ2n) is 5.74. The molecule has 1 heteroatoms. The highest BCUT2D eigenvalue weighted by molar-refractivity contribution is 5.52. The summed E-state index contributed by atoms with van der Waals surface area (Å²) in [7, 11) is 0. The minimum absolute atomic E-state index is 0.991. The molecule has 19 heavy (non-hydrogen) atoms. The maximum atomic E-state index is 10.9. The predicted molar refractivity (Wildman–Crippen MR) is 85.2 cm³/mol. The van der Waals surface area contributed by atoms with E-state index in [1.807, 2.05) is 0 Å². The Morgan fingerprint density at radius 3 is 1.37 bits per heavy atom. The van der Waals surface area contributed by atoms with Crippen LogP contribution in [-0.4, -0.2) is 5.94 Å². The topological polar surface area (TPSA) is 17.1 Å². The number of unbranched alkanes of at least 4 members (excludes halogenated alkanes) is 10. The van der Waals surface area contributed by atoms with E-state index in [0.717, 1.165) is 18.4 Å². The smallest absolute Gasteiger partial charge is 0.123 e. The Bertz CT molecular complexity index is 208. The third kappa shape index (κ3) is 13.7. The zero-order chi connectivity index (χ0) is 14.2. The van der Waals surface area contributed by atoms with Crippen molar-refractivity contribution in [3.8, 4) is 0 Å². The molecule has 0 bridgehead atoms. The van der Waals surface area contributed by atoms with Crippen LogP contribution in [0.25, 0.3) is 0 Å². The minimum atomic E-state index is 0.991. The van der Waals surface area contributed by atoms with Crippen molar-refractivity contribution in [2.45, 2.75) is 104 Å². The summed E-state index contributed by atoms with van der Waals surface area (Å²) in [6, 6.07) is 0. The van der Waals surface area contributed by atoms with Crippen molar-refractivity contribution < 1.29 is 4.79 Å². The van der Waals surface area contributed by atoms with Crippen LogP contribution in [0.15, 0.2) is 5.57 Å². The van der Waals surface area contributed by atoms with Crippen molar-refractivity contribution in [3.63, 3.8) is 0 Å². The molecule has 0 heterocycles.